The lowest BCUT2D eigenvalue weighted by molar-refractivity contribution is 0.100. The van der Waals surface area contributed by atoms with Gasteiger partial charge in [-0.1, -0.05) is 42.5 Å². The second-order valence-electron chi connectivity index (χ2n) is 7.67. The minimum absolute atomic E-state index is 0.358. The Kier molecular flexibility index (Phi) is 4.88. The van der Waals surface area contributed by atoms with Gasteiger partial charge in [0.1, 0.15) is 17.2 Å². The van der Waals surface area contributed by atoms with E-state index in [0.717, 1.165) is 47.5 Å². The summed E-state index contributed by atoms with van der Waals surface area (Å²) in [5, 5.41) is 7.69. The maximum absolute atomic E-state index is 11.9. The molecule has 0 radical (unpaired) electrons. The van der Waals surface area contributed by atoms with Gasteiger partial charge in [0.05, 0.1) is 16.8 Å². The van der Waals surface area contributed by atoms with Crippen molar-refractivity contribution >= 4 is 22.7 Å². The van der Waals surface area contributed by atoms with Crippen LogP contribution < -0.4 is 16.4 Å². The first-order valence-electron chi connectivity index (χ1n) is 10.3. The van der Waals surface area contributed by atoms with E-state index in [2.05, 4.69) is 22.8 Å². The Hall–Kier alpha value is -3.71. The average Bonchev–Trinajstić information content (AvgIpc) is 3.13. The molecular weight excluding hydrogens is 390 g/mol. The van der Waals surface area contributed by atoms with E-state index in [1.807, 2.05) is 31.2 Å². The quantitative estimate of drug-likeness (QED) is 0.462. The van der Waals surface area contributed by atoms with Crippen LogP contribution in [0.15, 0.2) is 52.9 Å². The lowest BCUT2D eigenvalue weighted by Gasteiger charge is -2.21. The van der Waals surface area contributed by atoms with E-state index in [0.29, 0.717) is 29.3 Å². The van der Waals surface area contributed by atoms with Gasteiger partial charge in [0.25, 0.3) is 5.91 Å². The Morgan fingerprint density at radius 3 is 2.81 bits per heavy atom. The Labute approximate surface area is 179 Å². The molecule has 1 aliphatic heterocycles. The van der Waals surface area contributed by atoms with Crippen molar-refractivity contribution in [2.45, 2.75) is 26.4 Å². The van der Waals surface area contributed by atoms with Gasteiger partial charge in [0.2, 0.25) is 0 Å². The second-order valence-corrected chi connectivity index (χ2v) is 7.67. The number of carbonyl (C=O) groups is 1. The van der Waals surface area contributed by atoms with Crippen molar-refractivity contribution in [3.63, 3.8) is 0 Å². The number of rotatable bonds is 5. The lowest BCUT2D eigenvalue weighted by Crippen LogP contribution is -2.26. The minimum atomic E-state index is -0.520. The first-order valence-corrected chi connectivity index (χ1v) is 10.3. The normalized spacial score (nSPS) is 13.2. The third kappa shape index (κ3) is 3.53. The van der Waals surface area contributed by atoms with E-state index in [9.17, 15) is 4.79 Å². The molecule has 3 heterocycles. The zero-order chi connectivity index (χ0) is 21.4. The third-order valence-corrected chi connectivity index (χ3v) is 5.62. The second kappa shape index (κ2) is 7.85. The molecule has 1 amide bonds. The molecule has 0 bridgehead atoms. The maximum Gasteiger partial charge on any atom is 0.252 e. The number of anilines is 1. The van der Waals surface area contributed by atoms with Crippen LogP contribution in [0.4, 0.5) is 5.82 Å². The molecule has 0 unspecified atom stereocenters. The summed E-state index contributed by atoms with van der Waals surface area (Å²) < 4.78 is 5.95. The van der Waals surface area contributed by atoms with Gasteiger partial charge in [0.15, 0.2) is 5.82 Å². The predicted molar refractivity (Wildman–Crippen MR) is 120 cm³/mol. The number of aryl methyl sites for hydroxylation is 1. The van der Waals surface area contributed by atoms with Crippen LogP contribution in [0.2, 0.25) is 0 Å². The van der Waals surface area contributed by atoms with Crippen molar-refractivity contribution in [3.05, 3.63) is 76.7 Å². The zero-order valence-electron chi connectivity index (χ0n) is 17.2. The summed E-state index contributed by atoms with van der Waals surface area (Å²) in [6.07, 6.45) is 0.826. The van der Waals surface area contributed by atoms with Gasteiger partial charge in [-0.3, -0.25) is 4.79 Å². The summed E-state index contributed by atoms with van der Waals surface area (Å²) in [6, 6.07) is 15.6. The van der Waals surface area contributed by atoms with Gasteiger partial charge in [-0.15, -0.1) is 0 Å². The molecule has 5 rings (SSSR count). The van der Waals surface area contributed by atoms with Gasteiger partial charge in [0, 0.05) is 37.0 Å². The molecule has 0 saturated carbocycles. The molecule has 7 heteroatoms. The summed E-state index contributed by atoms with van der Waals surface area (Å²) in [5.74, 6) is 1.55. The number of furan rings is 1. The van der Waals surface area contributed by atoms with Crippen LogP contribution in [0.5, 0.6) is 0 Å². The van der Waals surface area contributed by atoms with Gasteiger partial charge in [-0.25, -0.2) is 9.97 Å². The van der Waals surface area contributed by atoms with E-state index < -0.39 is 5.91 Å². The van der Waals surface area contributed by atoms with Crippen molar-refractivity contribution in [2.75, 3.05) is 11.9 Å². The van der Waals surface area contributed by atoms with Gasteiger partial charge in [-0.2, -0.15) is 0 Å². The molecule has 0 atom stereocenters. The molecule has 2 aromatic heterocycles. The molecule has 0 saturated heterocycles. The zero-order valence-corrected chi connectivity index (χ0v) is 17.2. The van der Waals surface area contributed by atoms with E-state index in [4.69, 9.17) is 20.1 Å². The Morgan fingerprint density at radius 1 is 1.16 bits per heavy atom. The first-order chi connectivity index (χ1) is 15.1. The Morgan fingerprint density at radius 2 is 2.00 bits per heavy atom. The van der Waals surface area contributed by atoms with Crippen LogP contribution in [-0.2, 0) is 19.5 Å². The number of nitrogens with two attached hydrogens (primary N) is 1. The highest BCUT2D eigenvalue weighted by Crippen LogP contribution is 2.36. The summed E-state index contributed by atoms with van der Waals surface area (Å²) in [4.78, 5) is 21.6. The monoisotopic (exact) mass is 413 g/mol. The van der Waals surface area contributed by atoms with E-state index in [1.165, 1.54) is 5.56 Å². The van der Waals surface area contributed by atoms with Crippen molar-refractivity contribution in [1.82, 2.24) is 15.3 Å². The number of nitrogens with zero attached hydrogens (tertiary/aromatic N) is 2. The van der Waals surface area contributed by atoms with E-state index >= 15 is 0 Å². The molecular formula is C24H23N5O2. The third-order valence-electron chi connectivity index (χ3n) is 5.62. The SMILES string of the molecule is Cc1oc2c(C(N)=O)cccc2c1-c1nc2c(c(NCc3ccccc3)n1)CNCC2. The summed E-state index contributed by atoms with van der Waals surface area (Å²) >= 11 is 0. The molecule has 7 nitrogen and oxygen atoms in total. The van der Waals surface area contributed by atoms with E-state index in [1.54, 1.807) is 12.1 Å². The van der Waals surface area contributed by atoms with E-state index in [-0.39, 0.29) is 0 Å². The van der Waals surface area contributed by atoms with Crippen LogP contribution in [0.25, 0.3) is 22.4 Å². The number of para-hydroxylation sites is 1. The molecule has 2 aromatic carbocycles. The highest BCUT2D eigenvalue weighted by atomic mass is 16.3. The van der Waals surface area contributed by atoms with Crippen molar-refractivity contribution in [3.8, 4) is 11.4 Å². The number of fused-ring (bicyclic) bond motifs is 2. The fraction of sp³-hybridized carbons (Fsp3) is 0.208. The molecule has 31 heavy (non-hydrogen) atoms. The largest absolute Gasteiger partial charge is 0.460 e. The number of benzene rings is 2. The number of hydrogen-bond acceptors (Lipinski definition) is 6. The average molecular weight is 413 g/mol. The van der Waals surface area contributed by atoms with Crippen molar-refractivity contribution in [1.29, 1.82) is 0 Å². The van der Waals surface area contributed by atoms with Crippen LogP contribution >= 0.6 is 0 Å². The molecule has 0 aliphatic carbocycles. The smallest absolute Gasteiger partial charge is 0.252 e. The number of hydrogen-bond donors (Lipinski definition) is 3. The van der Waals surface area contributed by atoms with Crippen LogP contribution in [-0.4, -0.2) is 22.4 Å². The molecule has 156 valence electrons. The minimum Gasteiger partial charge on any atom is -0.460 e. The van der Waals surface area contributed by atoms with Gasteiger partial charge < -0.3 is 20.8 Å². The van der Waals surface area contributed by atoms with Crippen molar-refractivity contribution < 1.29 is 9.21 Å². The van der Waals surface area contributed by atoms with Crippen LogP contribution in [0, 0.1) is 6.92 Å². The number of aromatic nitrogens is 2. The number of amides is 1. The van der Waals surface area contributed by atoms with Gasteiger partial charge >= 0.3 is 0 Å². The topological polar surface area (TPSA) is 106 Å². The molecule has 4 N–H and O–H groups in total. The fourth-order valence-electron chi connectivity index (χ4n) is 4.09. The number of carbonyl (C=O) groups excluding carboxylic acids is 1. The Bertz CT molecular complexity index is 1280. The fourth-order valence-corrected chi connectivity index (χ4v) is 4.09. The highest BCUT2D eigenvalue weighted by Gasteiger charge is 2.23. The number of nitrogens with one attached hydrogen (secondary N) is 2. The molecule has 4 aromatic rings. The summed E-state index contributed by atoms with van der Waals surface area (Å²) in [6.45, 7) is 4.13. The van der Waals surface area contributed by atoms with Gasteiger partial charge in [-0.05, 0) is 18.6 Å². The maximum atomic E-state index is 11.9. The van der Waals surface area contributed by atoms with Crippen LogP contribution in [0.1, 0.15) is 32.9 Å². The lowest BCUT2D eigenvalue weighted by atomic mass is 10.0. The van der Waals surface area contributed by atoms with Crippen molar-refractivity contribution in [2.24, 2.45) is 5.73 Å². The number of primary amides is 1. The Balaban J connectivity index is 1.62. The van der Waals surface area contributed by atoms with Crippen LogP contribution in [0.3, 0.4) is 0 Å². The first kappa shape index (κ1) is 19.3. The molecule has 0 spiro atoms. The molecule has 0 fully saturated rings. The standard InChI is InChI=1S/C24H23N5O2/c1-14-20(16-8-5-9-17(22(25)30)21(16)31-14)24-28-19-10-11-26-13-18(19)23(29-24)27-12-15-6-3-2-4-7-15/h2-9,26H,10-13H2,1H3,(H2,25,30)(H,27,28,29). The molecule has 1 aliphatic rings. The summed E-state index contributed by atoms with van der Waals surface area (Å²) in [5.41, 5.74) is 10.5. The summed E-state index contributed by atoms with van der Waals surface area (Å²) in [7, 11) is 0. The predicted octanol–water partition coefficient (Wildman–Crippen LogP) is 3.55. The highest BCUT2D eigenvalue weighted by molar-refractivity contribution is 6.07.